The molecule has 0 amide bonds. The van der Waals surface area contributed by atoms with Gasteiger partial charge in [-0.15, -0.1) is 0 Å². The third-order valence-electron chi connectivity index (χ3n) is 2.91. The normalized spacial score (nSPS) is 12.4. The van der Waals surface area contributed by atoms with E-state index in [1.807, 2.05) is 26.1 Å². The van der Waals surface area contributed by atoms with Gasteiger partial charge in [-0.3, -0.25) is 10.1 Å². The molecule has 19 heavy (non-hydrogen) atoms. The van der Waals surface area contributed by atoms with Crippen molar-refractivity contribution >= 4 is 21.6 Å². The topological polar surface area (TPSA) is 68.3 Å². The number of benzene rings is 1. The maximum Gasteiger partial charge on any atom is 0.270 e. The maximum atomic E-state index is 10.8. The lowest BCUT2D eigenvalue weighted by molar-refractivity contribution is -0.384. The molecule has 6 heteroatoms. The zero-order chi connectivity index (χ0) is 14.0. The smallest absolute Gasteiger partial charge is 0.270 e. The van der Waals surface area contributed by atoms with E-state index in [9.17, 15) is 10.1 Å². The largest absolute Gasteiger partial charge is 0.459 e. The first-order valence-electron chi connectivity index (χ1n) is 5.74. The van der Waals surface area contributed by atoms with Gasteiger partial charge in [0.25, 0.3) is 5.69 Å². The van der Waals surface area contributed by atoms with Gasteiger partial charge in [0.1, 0.15) is 11.5 Å². The maximum absolute atomic E-state index is 10.8. The van der Waals surface area contributed by atoms with E-state index in [-0.39, 0.29) is 11.7 Å². The molecule has 2 rings (SSSR count). The molecule has 1 aromatic heterocycles. The van der Waals surface area contributed by atoms with Gasteiger partial charge in [0, 0.05) is 22.2 Å². The van der Waals surface area contributed by atoms with Crippen LogP contribution < -0.4 is 5.32 Å². The number of hydrogen-bond donors (Lipinski definition) is 1. The molecule has 0 saturated heterocycles. The van der Waals surface area contributed by atoms with Crippen molar-refractivity contribution in [2.24, 2.45) is 0 Å². The molecule has 2 aromatic rings. The van der Waals surface area contributed by atoms with Gasteiger partial charge in [-0.05, 0) is 32.2 Å². The third kappa shape index (κ3) is 2.85. The lowest BCUT2D eigenvalue weighted by Gasteiger charge is -2.06. The average Bonchev–Trinajstić information content (AvgIpc) is 2.87. The van der Waals surface area contributed by atoms with Gasteiger partial charge >= 0.3 is 0 Å². The second-order valence-electron chi connectivity index (χ2n) is 4.13. The fraction of sp³-hybridized carbons (Fsp3) is 0.231. The highest BCUT2D eigenvalue weighted by Gasteiger charge is 2.15. The van der Waals surface area contributed by atoms with E-state index in [0.717, 1.165) is 10.2 Å². The van der Waals surface area contributed by atoms with Crippen LogP contribution in [0.1, 0.15) is 18.7 Å². The fourth-order valence-electron chi connectivity index (χ4n) is 1.69. The summed E-state index contributed by atoms with van der Waals surface area (Å²) in [6, 6.07) is 8.36. The Morgan fingerprint density at radius 3 is 2.74 bits per heavy atom. The van der Waals surface area contributed by atoms with Crippen LogP contribution >= 0.6 is 15.9 Å². The molecular weight excluding hydrogens is 312 g/mol. The molecule has 1 heterocycles. The third-order valence-corrected chi connectivity index (χ3v) is 3.60. The molecule has 0 aliphatic carbocycles. The van der Waals surface area contributed by atoms with Crippen molar-refractivity contribution in [1.29, 1.82) is 0 Å². The van der Waals surface area contributed by atoms with Crippen LogP contribution in [0.4, 0.5) is 5.69 Å². The monoisotopic (exact) mass is 324 g/mol. The Labute approximate surface area is 118 Å². The van der Waals surface area contributed by atoms with Crippen LogP contribution in [0.15, 0.2) is 39.2 Å². The molecule has 1 unspecified atom stereocenters. The number of nitrogens with one attached hydrogen (secondary N) is 1. The van der Waals surface area contributed by atoms with Crippen molar-refractivity contribution in [3.8, 4) is 11.3 Å². The van der Waals surface area contributed by atoms with Crippen molar-refractivity contribution in [3.63, 3.8) is 0 Å². The van der Waals surface area contributed by atoms with Gasteiger partial charge in [0.05, 0.1) is 11.0 Å². The van der Waals surface area contributed by atoms with Gasteiger partial charge in [-0.25, -0.2) is 0 Å². The number of non-ortho nitro benzene ring substituents is 1. The molecule has 0 aliphatic heterocycles. The van der Waals surface area contributed by atoms with E-state index >= 15 is 0 Å². The lowest BCUT2D eigenvalue weighted by Crippen LogP contribution is -2.11. The number of nitrogens with zero attached hydrogens (tertiary/aromatic N) is 1. The number of nitro benzene ring substituents is 1. The first-order chi connectivity index (χ1) is 9.02. The highest BCUT2D eigenvalue weighted by Crippen LogP contribution is 2.33. The Bertz CT molecular complexity index is 610. The van der Waals surface area contributed by atoms with Crippen LogP contribution in [0.5, 0.6) is 0 Å². The predicted octanol–water partition coefficient (Wildman–Crippen LogP) is 3.90. The van der Waals surface area contributed by atoms with Crippen LogP contribution in [0.2, 0.25) is 0 Å². The van der Waals surface area contributed by atoms with Crippen LogP contribution in [0, 0.1) is 10.1 Å². The Morgan fingerprint density at radius 1 is 1.37 bits per heavy atom. The second kappa shape index (κ2) is 5.54. The number of nitro groups is 1. The first-order valence-corrected chi connectivity index (χ1v) is 6.53. The molecule has 0 radical (unpaired) electrons. The van der Waals surface area contributed by atoms with Crippen molar-refractivity contribution in [1.82, 2.24) is 5.32 Å². The second-order valence-corrected chi connectivity index (χ2v) is 4.99. The number of rotatable bonds is 4. The molecule has 5 nitrogen and oxygen atoms in total. The molecule has 0 aliphatic rings. The van der Waals surface area contributed by atoms with E-state index < -0.39 is 4.92 Å². The highest BCUT2D eigenvalue weighted by molar-refractivity contribution is 9.10. The van der Waals surface area contributed by atoms with Gasteiger partial charge in [0.15, 0.2) is 0 Å². The fourth-order valence-corrected chi connectivity index (χ4v) is 2.13. The van der Waals surface area contributed by atoms with Crippen LogP contribution in [0.25, 0.3) is 11.3 Å². The number of furan rings is 1. The number of halogens is 1. The molecule has 0 fully saturated rings. The summed E-state index contributed by atoms with van der Waals surface area (Å²) in [6.45, 7) is 1.98. The summed E-state index contributed by atoms with van der Waals surface area (Å²) in [5.41, 5.74) is 0.710. The van der Waals surface area contributed by atoms with Crippen molar-refractivity contribution in [2.45, 2.75) is 13.0 Å². The summed E-state index contributed by atoms with van der Waals surface area (Å²) in [6.07, 6.45) is 0. The molecule has 0 spiro atoms. The summed E-state index contributed by atoms with van der Waals surface area (Å²) >= 11 is 3.38. The minimum Gasteiger partial charge on any atom is -0.459 e. The van der Waals surface area contributed by atoms with Crippen LogP contribution in [0.3, 0.4) is 0 Å². The SMILES string of the molecule is CNC(C)c1ccc(-c2cc([N+](=O)[O-])ccc2Br)o1. The zero-order valence-corrected chi connectivity index (χ0v) is 12.1. The molecule has 0 saturated carbocycles. The van der Waals surface area contributed by atoms with E-state index in [1.54, 1.807) is 6.07 Å². The summed E-state index contributed by atoms with van der Waals surface area (Å²) < 4.78 is 6.48. The summed E-state index contributed by atoms with van der Waals surface area (Å²) in [4.78, 5) is 10.4. The first kappa shape index (κ1) is 13.8. The van der Waals surface area contributed by atoms with Crippen LogP contribution in [-0.4, -0.2) is 12.0 Å². The van der Waals surface area contributed by atoms with Crippen molar-refractivity contribution < 1.29 is 9.34 Å². The minimum atomic E-state index is -0.421. The Balaban J connectivity index is 2.43. The summed E-state index contributed by atoms with van der Waals surface area (Å²) in [5, 5.41) is 13.9. The van der Waals surface area contributed by atoms with E-state index in [4.69, 9.17) is 4.42 Å². The molecule has 100 valence electrons. The quantitative estimate of drug-likeness (QED) is 0.684. The minimum absolute atomic E-state index is 0.0396. The summed E-state index contributed by atoms with van der Waals surface area (Å²) in [7, 11) is 1.84. The zero-order valence-electron chi connectivity index (χ0n) is 10.5. The number of hydrogen-bond acceptors (Lipinski definition) is 4. The Kier molecular flexibility index (Phi) is 4.01. The molecule has 1 aromatic carbocycles. The van der Waals surface area contributed by atoms with E-state index in [0.29, 0.717) is 11.3 Å². The van der Waals surface area contributed by atoms with E-state index in [2.05, 4.69) is 21.2 Å². The molecular formula is C13H13BrN2O3. The van der Waals surface area contributed by atoms with Crippen molar-refractivity contribution in [2.75, 3.05) is 7.05 Å². The summed E-state index contributed by atoms with van der Waals surface area (Å²) in [5.74, 6) is 1.39. The average molecular weight is 325 g/mol. The Hall–Kier alpha value is -1.66. The van der Waals surface area contributed by atoms with Gasteiger partial charge in [0.2, 0.25) is 0 Å². The lowest BCUT2D eigenvalue weighted by atomic mass is 10.1. The standard InChI is InChI=1S/C13H13BrN2O3/c1-8(15-2)12-5-6-13(19-12)10-7-9(16(17)18)3-4-11(10)14/h3-8,15H,1-2H3. The predicted molar refractivity (Wildman–Crippen MR) is 76.0 cm³/mol. The Morgan fingerprint density at radius 2 is 2.11 bits per heavy atom. The molecule has 0 bridgehead atoms. The highest BCUT2D eigenvalue weighted by atomic mass is 79.9. The van der Waals surface area contributed by atoms with Gasteiger partial charge in [-0.2, -0.15) is 0 Å². The molecule has 1 N–H and O–H groups in total. The van der Waals surface area contributed by atoms with Gasteiger partial charge in [-0.1, -0.05) is 15.9 Å². The van der Waals surface area contributed by atoms with Crippen LogP contribution in [-0.2, 0) is 0 Å². The van der Waals surface area contributed by atoms with Gasteiger partial charge < -0.3 is 9.73 Å². The molecule has 1 atom stereocenters. The van der Waals surface area contributed by atoms with E-state index in [1.165, 1.54) is 12.1 Å². The van der Waals surface area contributed by atoms with Crippen molar-refractivity contribution in [3.05, 3.63) is 50.7 Å².